The molecule has 0 spiro atoms. The third-order valence-corrected chi connectivity index (χ3v) is 6.46. The average molecular weight is 467 g/mol. The second-order valence-electron chi connectivity index (χ2n) is 9.58. The second-order valence-corrected chi connectivity index (χ2v) is 9.58. The third-order valence-electron chi connectivity index (χ3n) is 6.46. The highest BCUT2D eigenvalue weighted by atomic mass is 19.1. The number of alkyl halides is 1. The van der Waals surface area contributed by atoms with Crippen LogP contribution in [0.25, 0.3) is 11.1 Å². The van der Waals surface area contributed by atoms with Crippen LogP contribution in [-0.2, 0) is 13.1 Å². The zero-order valence-corrected chi connectivity index (χ0v) is 19.6. The molecule has 0 bridgehead atoms. The Kier molecular flexibility index (Phi) is 5.50. The van der Waals surface area contributed by atoms with E-state index in [-0.39, 0.29) is 18.6 Å². The van der Waals surface area contributed by atoms with E-state index in [0.717, 1.165) is 11.3 Å². The predicted molar refractivity (Wildman–Crippen MR) is 127 cm³/mol. The number of nitrogens with one attached hydrogen (secondary N) is 1. The molecular weight excluding hydrogens is 438 g/mol. The molecule has 1 atom stereocenters. The molecule has 4 heterocycles. The van der Waals surface area contributed by atoms with E-state index in [1.54, 1.807) is 42.3 Å². The van der Waals surface area contributed by atoms with Crippen LogP contribution in [-0.4, -0.2) is 44.5 Å². The number of urea groups is 1. The van der Waals surface area contributed by atoms with E-state index >= 15 is 0 Å². The fraction of sp³-hybridized carbons (Fsp3) is 0.400. The highest BCUT2D eigenvalue weighted by Gasteiger charge is 2.36. The molecule has 1 saturated heterocycles. The number of carbonyl (C=O) groups is 1. The highest BCUT2D eigenvalue weighted by molar-refractivity contribution is 5.99. The average Bonchev–Trinajstić information content (AvgIpc) is 3.47. The van der Waals surface area contributed by atoms with Gasteiger partial charge >= 0.3 is 6.03 Å². The first kappa shape index (κ1) is 22.3. The number of hydrogen-bond donors (Lipinski definition) is 1. The fourth-order valence-electron chi connectivity index (χ4n) is 4.59. The van der Waals surface area contributed by atoms with Gasteiger partial charge in [0.2, 0.25) is 0 Å². The van der Waals surface area contributed by atoms with Crippen molar-refractivity contribution < 1.29 is 13.6 Å². The lowest BCUT2D eigenvalue weighted by atomic mass is 10.0. The summed E-state index contributed by atoms with van der Waals surface area (Å²) in [6, 6.07) is 7.99. The minimum Gasteiger partial charge on any atom is -0.352 e. The summed E-state index contributed by atoms with van der Waals surface area (Å²) in [4.78, 5) is 21.3. The molecule has 2 aliphatic rings. The summed E-state index contributed by atoms with van der Waals surface area (Å²) >= 11 is 0. The third kappa shape index (κ3) is 4.10. The second kappa shape index (κ2) is 8.38. The Hall–Kier alpha value is -3.49. The Balaban J connectivity index is 1.47. The topological polar surface area (TPSA) is 66.3 Å². The number of carbonyl (C=O) groups excluding carboxylic acids is 1. The Bertz CT molecular complexity index is 1210. The molecule has 5 rings (SSSR count). The van der Waals surface area contributed by atoms with Crippen molar-refractivity contribution in [2.24, 2.45) is 0 Å². The molecule has 2 aromatic heterocycles. The van der Waals surface area contributed by atoms with Crippen molar-refractivity contribution in [1.82, 2.24) is 19.7 Å². The van der Waals surface area contributed by atoms with Gasteiger partial charge in [-0.3, -0.25) is 4.68 Å². The first-order valence-electron chi connectivity index (χ1n) is 11.5. The number of anilines is 2. The number of rotatable bonds is 4. The summed E-state index contributed by atoms with van der Waals surface area (Å²) in [7, 11) is 0. The number of nitrogens with zero attached hydrogens (tertiary/aromatic N) is 5. The number of benzene rings is 1. The van der Waals surface area contributed by atoms with Gasteiger partial charge < -0.3 is 15.1 Å². The van der Waals surface area contributed by atoms with Crippen LogP contribution >= 0.6 is 0 Å². The van der Waals surface area contributed by atoms with Crippen molar-refractivity contribution in [2.45, 2.75) is 52.0 Å². The Morgan fingerprint density at radius 1 is 1.18 bits per heavy atom. The van der Waals surface area contributed by atoms with Crippen molar-refractivity contribution in [3.05, 3.63) is 59.8 Å². The highest BCUT2D eigenvalue weighted by Crippen LogP contribution is 2.39. The number of aromatic nitrogens is 3. The van der Waals surface area contributed by atoms with Gasteiger partial charge in [0.25, 0.3) is 0 Å². The number of fused-ring (bicyclic) bond motifs is 1. The van der Waals surface area contributed by atoms with Gasteiger partial charge in [-0.05, 0) is 32.9 Å². The monoisotopic (exact) mass is 466 g/mol. The molecule has 1 aromatic carbocycles. The van der Waals surface area contributed by atoms with Crippen molar-refractivity contribution in [2.75, 3.05) is 23.3 Å². The largest absolute Gasteiger partial charge is 0.352 e. The molecule has 0 aliphatic carbocycles. The van der Waals surface area contributed by atoms with Gasteiger partial charge in [-0.25, -0.2) is 18.6 Å². The van der Waals surface area contributed by atoms with Gasteiger partial charge in [-0.15, -0.1) is 0 Å². The molecule has 1 unspecified atom stereocenters. The summed E-state index contributed by atoms with van der Waals surface area (Å²) in [5.41, 5.74) is 1.77. The molecule has 7 nitrogen and oxygen atoms in total. The van der Waals surface area contributed by atoms with Crippen LogP contribution < -0.4 is 10.2 Å². The number of halogens is 2. The molecule has 1 N–H and O–H groups in total. The Morgan fingerprint density at radius 2 is 1.97 bits per heavy atom. The minimum absolute atomic E-state index is 0.155. The lowest BCUT2D eigenvalue weighted by Gasteiger charge is -2.25. The van der Waals surface area contributed by atoms with Crippen LogP contribution in [0.5, 0.6) is 0 Å². The Labute approximate surface area is 197 Å². The van der Waals surface area contributed by atoms with E-state index in [1.165, 1.54) is 6.07 Å². The van der Waals surface area contributed by atoms with E-state index < -0.39 is 11.5 Å². The first-order chi connectivity index (χ1) is 16.2. The van der Waals surface area contributed by atoms with Crippen molar-refractivity contribution in [1.29, 1.82) is 0 Å². The zero-order valence-electron chi connectivity index (χ0n) is 19.6. The molecule has 1 fully saturated rings. The van der Waals surface area contributed by atoms with Crippen LogP contribution in [0.1, 0.15) is 44.5 Å². The molecular formula is C25H28F2N6O. The van der Waals surface area contributed by atoms with Crippen LogP contribution in [0.3, 0.4) is 0 Å². The quantitative estimate of drug-likeness (QED) is 0.578. The Morgan fingerprint density at radius 3 is 2.65 bits per heavy atom. The van der Waals surface area contributed by atoms with Crippen LogP contribution in [0.2, 0.25) is 0 Å². The van der Waals surface area contributed by atoms with Crippen LogP contribution in [0, 0.1) is 5.82 Å². The van der Waals surface area contributed by atoms with Gasteiger partial charge in [0.15, 0.2) is 5.82 Å². The summed E-state index contributed by atoms with van der Waals surface area (Å²) < 4.78 is 31.3. The van der Waals surface area contributed by atoms with Gasteiger partial charge in [0.05, 0.1) is 31.0 Å². The molecule has 178 valence electrons. The standard InChI is InChI=1S/C25H28F2N6O/c1-16(2)33-13-17-12-32(14-21(17)30-33)24(34)29-22-19(18-6-4-5-7-20(18)26)8-10-28-23(22)31-11-9-25(3,27)15-31/h4-8,10,13,16H,9,11-12,14-15H2,1-3H3,(H,29,34). The van der Waals surface area contributed by atoms with Crippen LogP contribution in [0.15, 0.2) is 42.7 Å². The smallest absolute Gasteiger partial charge is 0.322 e. The molecule has 0 radical (unpaired) electrons. The lowest BCUT2D eigenvalue weighted by Crippen LogP contribution is -2.33. The molecule has 9 heteroatoms. The van der Waals surface area contributed by atoms with Gasteiger partial charge in [0.1, 0.15) is 11.5 Å². The summed E-state index contributed by atoms with van der Waals surface area (Å²) in [5.74, 6) is 0.0355. The maximum Gasteiger partial charge on any atom is 0.322 e. The van der Waals surface area contributed by atoms with Gasteiger partial charge in [-0.2, -0.15) is 5.10 Å². The summed E-state index contributed by atoms with van der Waals surface area (Å²) in [6.45, 7) is 7.11. The summed E-state index contributed by atoms with van der Waals surface area (Å²) in [5, 5.41) is 7.56. The maximum absolute atomic E-state index is 14.7. The number of hydrogen-bond acceptors (Lipinski definition) is 4. The van der Waals surface area contributed by atoms with E-state index in [0.29, 0.717) is 48.7 Å². The fourth-order valence-corrected chi connectivity index (χ4v) is 4.59. The van der Waals surface area contributed by atoms with Crippen molar-refractivity contribution in [3.8, 4) is 11.1 Å². The maximum atomic E-state index is 14.7. The number of pyridine rings is 1. The van der Waals surface area contributed by atoms with Gasteiger partial charge in [-0.1, -0.05) is 18.2 Å². The lowest BCUT2D eigenvalue weighted by molar-refractivity contribution is 0.211. The van der Waals surface area contributed by atoms with Crippen LogP contribution in [0.4, 0.5) is 25.1 Å². The zero-order chi connectivity index (χ0) is 24.0. The minimum atomic E-state index is -1.35. The van der Waals surface area contributed by atoms with E-state index in [9.17, 15) is 13.6 Å². The molecule has 0 saturated carbocycles. The SMILES string of the molecule is CC(C)n1cc2c(n1)CN(C(=O)Nc1c(-c3ccccc3F)ccnc1N1CCC(C)(F)C1)C2. The van der Waals surface area contributed by atoms with Crippen molar-refractivity contribution >= 4 is 17.5 Å². The van der Waals surface area contributed by atoms with Gasteiger partial charge in [0, 0.05) is 48.1 Å². The normalized spacial score (nSPS) is 19.7. The first-order valence-corrected chi connectivity index (χ1v) is 11.5. The molecule has 2 aliphatic heterocycles. The number of amides is 2. The van der Waals surface area contributed by atoms with E-state index in [2.05, 4.69) is 29.2 Å². The molecule has 2 amide bonds. The molecule has 34 heavy (non-hydrogen) atoms. The van der Waals surface area contributed by atoms with E-state index in [4.69, 9.17) is 0 Å². The molecule has 3 aromatic rings. The van der Waals surface area contributed by atoms with E-state index in [1.807, 2.05) is 15.8 Å². The predicted octanol–water partition coefficient (Wildman–Crippen LogP) is 5.15. The van der Waals surface area contributed by atoms with Crippen molar-refractivity contribution in [3.63, 3.8) is 0 Å². The summed E-state index contributed by atoms with van der Waals surface area (Å²) in [6.07, 6.45) is 3.90.